The summed E-state index contributed by atoms with van der Waals surface area (Å²) < 4.78 is 11.2. The first-order chi connectivity index (χ1) is 15.2. The van der Waals surface area contributed by atoms with E-state index in [1.807, 2.05) is 12.1 Å². The molecular formula is C21H21N7O2S. The van der Waals surface area contributed by atoms with Crippen LogP contribution in [0.5, 0.6) is 6.01 Å². The van der Waals surface area contributed by atoms with Gasteiger partial charge in [0.25, 0.3) is 0 Å². The van der Waals surface area contributed by atoms with E-state index in [4.69, 9.17) is 15.2 Å². The number of anilines is 2. The molecule has 0 saturated carbocycles. The van der Waals surface area contributed by atoms with Crippen LogP contribution in [0.1, 0.15) is 27.9 Å². The van der Waals surface area contributed by atoms with Crippen molar-refractivity contribution in [3.8, 4) is 12.1 Å². The lowest BCUT2D eigenvalue weighted by molar-refractivity contribution is 0.122. The van der Waals surface area contributed by atoms with Gasteiger partial charge in [0.05, 0.1) is 30.7 Å². The van der Waals surface area contributed by atoms with Crippen molar-refractivity contribution in [2.24, 2.45) is 0 Å². The van der Waals surface area contributed by atoms with Crippen molar-refractivity contribution in [1.29, 1.82) is 5.26 Å². The summed E-state index contributed by atoms with van der Waals surface area (Å²) >= 11 is 1.25. The van der Waals surface area contributed by atoms with Crippen molar-refractivity contribution in [2.75, 3.05) is 36.9 Å². The average molecular weight is 436 g/mol. The smallest absolute Gasteiger partial charge is 0.316 e. The molecule has 1 aliphatic rings. The van der Waals surface area contributed by atoms with Crippen molar-refractivity contribution >= 4 is 28.2 Å². The largest absolute Gasteiger partial charge is 0.459 e. The van der Waals surface area contributed by atoms with Gasteiger partial charge in [0, 0.05) is 25.5 Å². The normalized spacial score (nSPS) is 14.6. The van der Waals surface area contributed by atoms with Crippen LogP contribution >= 0.6 is 11.3 Å². The summed E-state index contributed by atoms with van der Waals surface area (Å²) in [6, 6.07) is 7.98. The van der Waals surface area contributed by atoms with Crippen LogP contribution in [0, 0.1) is 11.3 Å². The molecule has 3 aromatic rings. The second kappa shape index (κ2) is 9.51. The fourth-order valence-electron chi connectivity index (χ4n) is 3.13. The van der Waals surface area contributed by atoms with Gasteiger partial charge >= 0.3 is 6.01 Å². The summed E-state index contributed by atoms with van der Waals surface area (Å²) in [6.45, 7) is 6.99. The lowest BCUT2D eigenvalue weighted by Crippen LogP contribution is -2.36. The van der Waals surface area contributed by atoms with Crippen LogP contribution in [-0.4, -0.2) is 46.2 Å². The Morgan fingerprint density at radius 1 is 1.29 bits per heavy atom. The topological polar surface area (TPSA) is 123 Å². The number of nitriles is 1. The van der Waals surface area contributed by atoms with E-state index in [-0.39, 0.29) is 12.6 Å². The highest BCUT2D eigenvalue weighted by Gasteiger charge is 2.21. The Hall–Kier alpha value is -3.55. The summed E-state index contributed by atoms with van der Waals surface area (Å²) in [5, 5.41) is 10.8. The van der Waals surface area contributed by atoms with Gasteiger partial charge in [-0.3, -0.25) is 0 Å². The lowest BCUT2D eigenvalue weighted by atomic mass is 10.1. The highest BCUT2D eigenvalue weighted by Crippen LogP contribution is 2.31. The Morgan fingerprint density at radius 2 is 2.10 bits per heavy atom. The van der Waals surface area contributed by atoms with Gasteiger partial charge in [0.15, 0.2) is 0 Å². The second-order valence-electron chi connectivity index (χ2n) is 6.74. The number of nitrogens with zero attached hydrogens (tertiary/aromatic N) is 6. The molecule has 4 rings (SSSR count). The molecule has 1 unspecified atom stereocenters. The van der Waals surface area contributed by atoms with E-state index in [0.29, 0.717) is 34.6 Å². The molecule has 0 aromatic carbocycles. The number of ether oxygens (including phenoxy) is 2. The number of rotatable bonds is 7. The Bertz CT molecular complexity index is 1110. The SMILES string of the molecule is C=Cc1nc(C(C#N)c2ccnc(OCc3ccnc(N4CCOCC4)c3)n2)sc1N. The number of morpholine rings is 1. The van der Waals surface area contributed by atoms with Gasteiger partial charge in [-0.05, 0) is 29.8 Å². The lowest BCUT2D eigenvalue weighted by Gasteiger charge is -2.27. The molecule has 0 spiro atoms. The summed E-state index contributed by atoms with van der Waals surface area (Å²) in [5.41, 5.74) is 7.95. The molecule has 9 nitrogen and oxygen atoms in total. The maximum Gasteiger partial charge on any atom is 0.316 e. The molecule has 1 atom stereocenters. The third kappa shape index (κ3) is 4.79. The standard InChI is InChI=1S/C21H21N7O2S/c1-2-16-19(23)31-20(26-16)15(12-22)17-4-6-25-21(27-17)30-13-14-3-5-24-18(11-14)28-7-9-29-10-8-28/h2-6,11,15H,1,7-10,13,23H2. The number of hydrogen-bond donors (Lipinski definition) is 1. The molecule has 1 fully saturated rings. The fourth-order valence-corrected chi connectivity index (χ4v) is 4.02. The van der Waals surface area contributed by atoms with Gasteiger partial charge in [-0.15, -0.1) is 0 Å². The van der Waals surface area contributed by atoms with E-state index in [1.165, 1.54) is 11.3 Å². The van der Waals surface area contributed by atoms with Crippen molar-refractivity contribution in [3.63, 3.8) is 0 Å². The van der Waals surface area contributed by atoms with Crippen molar-refractivity contribution in [2.45, 2.75) is 12.5 Å². The Labute approximate surface area is 183 Å². The zero-order valence-electron chi connectivity index (χ0n) is 16.8. The highest BCUT2D eigenvalue weighted by molar-refractivity contribution is 7.15. The number of aromatic nitrogens is 4. The monoisotopic (exact) mass is 435 g/mol. The van der Waals surface area contributed by atoms with Crippen LogP contribution in [0.2, 0.25) is 0 Å². The van der Waals surface area contributed by atoms with Crippen molar-refractivity contribution < 1.29 is 9.47 Å². The number of nitrogens with two attached hydrogens (primary N) is 1. The molecule has 0 aliphatic carbocycles. The number of thiazole rings is 1. The molecule has 1 aliphatic heterocycles. The molecule has 158 valence electrons. The molecule has 10 heteroatoms. The zero-order chi connectivity index (χ0) is 21.6. The van der Waals surface area contributed by atoms with E-state index in [0.717, 1.165) is 24.5 Å². The van der Waals surface area contributed by atoms with Crippen LogP contribution in [-0.2, 0) is 11.3 Å². The second-order valence-corrected chi connectivity index (χ2v) is 7.80. The minimum Gasteiger partial charge on any atom is -0.459 e. The van der Waals surface area contributed by atoms with E-state index < -0.39 is 5.92 Å². The molecule has 0 radical (unpaired) electrons. The van der Waals surface area contributed by atoms with Gasteiger partial charge in [0.2, 0.25) is 0 Å². The molecule has 1 saturated heterocycles. The summed E-state index contributed by atoms with van der Waals surface area (Å²) in [5.74, 6) is 0.225. The molecule has 2 N–H and O–H groups in total. The third-order valence-corrected chi connectivity index (χ3v) is 5.70. The molecule has 31 heavy (non-hydrogen) atoms. The Balaban J connectivity index is 1.47. The van der Waals surface area contributed by atoms with Gasteiger partial charge in [-0.2, -0.15) is 10.2 Å². The average Bonchev–Trinajstić information content (AvgIpc) is 3.19. The first-order valence-corrected chi connectivity index (χ1v) is 10.5. The maximum absolute atomic E-state index is 9.69. The van der Waals surface area contributed by atoms with Crippen molar-refractivity contribution in [3.05, 3.63) is 59.1 Å². The van der Waals surface area contributed by atoms with E-state index >= 15 is 0 Å². The molecule has 0 bridgehead atoms. The zero-order valence-corrected chi connectivity index (χ0v) is 17.6. The summed E-state index contributed by atoms with van der Waals surface area (Å²) in [6.07, 6.45) is 4.90. The van der Waals surface area contributed by atoms with Crippen molar-refractivity contribution in [1.82, 2.24) is 19.9 Å². The van der Waals surface area contributed by atoms with Crippen LogP contribution in [0.4, 0.5) is 10.8 Å². The van der Waals surface area contributed by atoms with Gasteiger partial charge in [-0.25, -0.2) is 15.0 Å². The maximum atomic E-state index is 9.69. The van der Waals surface area contributed by atoms with Crippen LogP contribution in [0.25, 0.3) is 6.08 Å². The minimum absolute atomic E-state index is 0.191. The van der Waals surface area contributed by atoms with Crippen LogP contribution in [0.15, 0.2) is 37.2 Å². The third-order valence-electron chi connectivity index (χ3n) is 4.73. The first-order valence-electron chi connectivity index (χ1n) is 9.69. The molecule has 4 heterocycles. The van der Waals surface area contributed by atoms with Crippen LogP contribution in [0.3, 0.4) is 0 Å². The van der Waals surface area contributed by atoms with Gasteiger partial charge in [0.1, 0.15) is 28.4 Å². The van der Waals surface area contributed by atoms with E-state index in [2.05, 4.69) is 37.5 Å². The minimum atomic E-state index is -0.666. The Kier molecular flexibility index (Phi) is 6.35. The number of nitrogen functional groups attached to an aromatic ring is 1. The fraction of sp³-hybridized carbons (Fsp3) is 0.286. The first kappa shape index (κ1) is 20.7. The molecular weight excluding hydrogens is 414 g/mol. The van der Waals surface area contributed by atoms with Gasteiger partial charge in [-0.1, -0.05) is 17.9 Å². The summed E-state index contributed by atoms with van der Waals surface area (Å²) in [7, 11) is 0. The van der Waals surface area contributed by atoms with Gasteiger partial charge < -0.3 is 20.1 Å². The predicted octanol–water partition coefficient (Wildman–Crippen LogP) is 2.62. The van der Waals surface area contributed by atoms with Crippen LogP contribution < -0.4 is 15.4 Å². The molecule has 3 aromatic heterocycles. The number of hydrogen-bond acceptors (Lipinski definition) is 10. The summed E-state index contributed by atoms with van der Waals surface area (Å²) in [4.78, 5) is 19.6. The molecule has 0 amide bonds. The predicted molar refractivity (Wildman–Crippen MR) is 118 cm³/mol. The number of pyridine rings is 1. The van der Waals surface area contributed by atoms with E-state index in [1.54, 1.807) is 24.5 Å². The quantitative estimate of drug-likeness (QED) is 0.596. The Morgan fingerprint density at radius 3 is 2.84 bits per heavy atom. The van der Waals surface area contributed by atoms with E-state index in [9.17, 15) is 5.26 Å². The highest BCUT2D eigenvalue weighted by atomic mass is 32.1.